The van der Waals surface area contributed by atoms with Gasteiger partial charge in [-0.3, -0.25) is 19.1 Å². The number of hydrogen-bond acceptors (Lipinski definition) is 6. The van der Waals surface area contributed by atoms with Crippen LogP contribution in [0.25, 0.3) is 10.9 Å². The van der Waals surface area contributed by atoms with Gasteiger partial charge in [-0.1, -0.05) is 36.0 Å². The number of para-hydroxylation sites is 2. The summed E-state index contributed by atoms with van der Waals surface area (Å²) in [7, 11) is 1.69. The van der Waals surface area contributed by atoms with Gasteiger partial charge >= 0.3 is 0 Å². The Morgan fingerprint density at radius 2 is 1.90 bits per heavy atom. The van der Waals surface area contributed by atoms with Crippen LogP contribution < -0.4 is 10.5 Å². The number of amides is 1. The second-order valence-electron chi connectivity index (χ2n) is 6.49. The first-order chi connectivity index (χ1) is 14.5. The first-order valence-electron chi connectivity index (χ1n) is 9.04. The van der Waals surface area contributed by atoms with E-state index in [0.29, 0.717) is 32.6 Å². The van der Waals surface area contributed by atoms with Crippen LogP contribution in [0, 0.1) is 5.82 Å². The Bertz CT molecular complexity index is 1300. The number of aromatic nitrogens is 3. The number of benzene rings is 2. The van der Waals surface area contributed by atoms with Crippen LogP contribution in [0.2, 0.25) is 0 Å². The molecule has 4 aromatic rings. The van der Waals surface area contributed by atoms with Gasteiger partial charge in [0.25, 0.3) is 5.56 Å². The number of rotatable bonds is 5. The van der Waals surface area contributed by atoms with Crippen LogP contribution in [-0.4, -0.2) is 20.4 Å². The van der Waals surface area contributed by atoms with Crippen molar-refractivity contribution < 1.29 is 9.18 Å². The zero-order valence-corrected chi connectivity index (χ0v) is 17.8. The highest BCUT2D eigenvalue weighted by atomic mass is 32.2. The van der Waals surface area contributed by atoms with Crippen LogP contribution in [0.3, 0.4) is 0 Å². The molecule has 6 nitrogen and oxygen atoms in total. The van der Waals surface area contributed by atoms with Crippen molar-refractivity contribution in [2.24, 2.45) is 7.05 Å². The molecule has 2 aromatic carbocycles. The summed E-state index contributed by atoms with van der Waals surface area (Å²) in [5, 5.41) is 3.36. The highest BCUT2D eigenvalue weighted by molar-refractivity contribution is 7.98. The summed E-state index contributed by atoms with van der Waals surface area (Å²) in [6.45, 7) is 1.37. The van der Waals surface area contributed by atoms with E-state index in [-0.39, 0.29) is 17.2 Å². The van der Waals surface area contributed by atoms with E-state index in [1.54, 1.807) is 37.4 Å². The molecule has 0 saturated heterocycles. The number of carbonyl (C=O) groups is 1. The van der Waals surface area contributed by atoms with E-state index >= 15 is 0 Å². The summed E-state index contributed by atoms with van der Waals surface area (Å²) < 4.78 is 15.7. The van der Waals surface area contributed by atoms with Gasteiger partial charge in [-0.15, -0.1) is 11.3 Å². The number of thioether (sulfide) groups is 1. The summed E-state index contributed by atoms with van der Waals surface area (Å²) >= 11 is 2.64. The fourth-order valence-corrected chi connectivity index (χ4v) is 4.82. The maximum Gasteiger partial charge on any atom is 0.261 e. The van der Waals surface area contributed by atoms with Gasteiger partial charge in [0.1, 0.15) is 5.82 Å². The van der Waals surface area contributed by atoms with Crippen molar-refractivity contribution in [1.29, 1.82) is 0 Å². The molecule has 0 radical (unpaired) electrons. The molecule has 0 spiro atoms. The van der Waals surface area contributed by atoms with Gasteiger partial charge in [0.2, 0.25) is 5.91 Å². The molecular weight excluding hydrogens is 423 g/mol. The molecule has 0 N–H and O–H groups in total. The van der Waals surface area contributed by atoms with Gasteiger partial charge in [-0.25, -0.2) is 14.4 Å². The van der Waals surface area contributed by atoms with Crippen LogP contribution in [0.5, 0.6) is 0 Å². The highest BCUT2D eigenvalue weighted by Crippen LogP contribution is 2.32. The van der Waals surface area contributed by atoms with E-state index in [4.69, 9.17) is 0 Å². The lowest BCUT2D eigenvalue weighted by molar-refractivity contribution is -0.115. The monoisotopic (exact) mass is 440 g/mol. The number of halogens is 1. The summed E-state index contributed by atoms with van der Waals surface area (Å²) in [4.78, 5) is 35.0. The average molecular weight is 441 g/mol. The maximum atomic E-state index is 14.2. The quantitative estimate of drug-likeness (QED) is 0.338. The third kappa shape index (κ3) is 3.86. The first kappa shape index (κ1) is 20.2. The fraction of sp³-hybridized carbons (Fsp3) is 0.143. The molecule has 0 fully saturated rings. The summed E-state index contributed by atoms with van der Waals surface area (Å²) in [5.74, 6) is -0.362. The predicted molar refractivity (Wildman–Crippen MR) is 118 cm³/mol. The highest BCUT2D eigenvalue weighted by Gasteiger charge is 2.21. The van der Waals surface area contributed by atoms with Gasteiger partial charge in [0, 0.05) is 25.1 Å². The van der Waals surface area contributed by atoms with Crippen LogP contribution in [-0.2, 0) is 17.6 Å². The van der Waals surface area contributed by atoms with Crippen LogP contribution in [0.4, 0.5) is 15.2 Å². The van der Waals surface area contributed by atoms with E-state index in [1.807, 2.05) is 17.5 Å². The minimum Gasteiger partial charge on any atom is -0.290 e. The lowest BCUT2D eigenvalue weighted by atomic mass is 10.2. The number of thiazole rings is 1. The molecule has 2 aromatic heterocycles. The zero-order chi connectivity index (χ0) is 21.3. The summed E-state index contributed by atoms with van der Waals surface area (Å²) in [5.41, 5.74) is 1.41. The van der Waals surface area contributed by atoms with Gasteiger partial charge in [0.15, 0.2) is 10.3 Å². The van der Waals surface area contributed by atoms with Crippen molar-refractivity contribution >= 4 is 50.7 Å². The molecule has 2 heterocycles. The molecule has 0 aliphatic heterocycles. The van der Waals surface area contributed by atoms with Gasteiger partial charge in [-0.2, -0.15) is 0 Å². The molecular formula is C21H17FN4O2S2. The van der Waals surface area contributed by atoms with Crippen molar-refractivity contribution in [3.8, 4) is 0 Å². The Labute approximate surface area is 180 Å². The third-order valence-corrected chi connectivity index (χ3v) is 6.37. The zero-order valence-electron chi connectivity index (χ0n) is 16.2. The van der Waals surface area contributed by atoms with E-state index in [9.17, 15) is 14.0 Å². The topological polar surface area (TPSA) is 68.1 Å². The fourth-order valence-electron chi connectivity index (χ4n) is 2.97. The van der Waals surface area contributed by atoms with E-state index < -0.39 is 5.82 Å². The standard InChI is InChI=1S/C21H17FN4O2S2/c1-13(27)26(18-10-6-4-8-16(18)22)21-23-14(12-30-21)11-29-20-24-17-9-5-3-7-15(17)19(28)25(20)2/h3-10,12H,11H2,1-2H3. The Morgan fingerprint density at radius 3 is 2.67 bits per heavy atom. The normalized spacial score (nSPS) is 11.0. The van der Waals surface area contributed by atoms with Crippen LogP contribution in [0.15, 0.2) is 63.9 Å². The second kappa shape index (κ2) is 8.37. The number of anilines is 2. The molecule has 0 atom stereocenters. The number of carbonyl (C=O) groups excluding carboxylic acids is 1. The van der Waals surface area contributed by atoms with Gasteiger partial charge < -0.3 is 0 Å². The smallest absolute Gasteiger partial charge is 0.261 e. The molecule has 0 aliphatic rings. The first-order valence-corrected chi connectivity index (χ1v) is 10.9. The largest absolute Gasteiger partial charge is 0.290 e. The average Bonchev–Trinajstić information content (AvgIpc) is 3.19. The van der Waals surface area contributed by atoms with Crippen molar-refractivity contribution in [2.75, 3.05) is 4.90 Å². The van der Waals surface area contributed by atoms with Crippen molar-refractivity contribution in [3.05, 3.63) is 75.8 Å². The summed E-state index contributed by atoms with van der Waals surface area (Å²) in [6.07, 6.45) is 0. The molecule has 9 heteroatoms. The number of hydrogen-bond donors (Lipinski definition) is 0. The van der Waals surface area contributed by atoms with Gasteiger partial charge in [0.05, 0.1) is 22.3 Å². The Balaban J connectivity index is 1.59. The van der Waals surface area contributed by atoms with E-state index in [1.165, 1.54) is 45.6 Å². The molecule has 152 valence electrons. The molecule has 0 saturated carbocycles. The van der Waals surface area contributed by atoms with E-state index in [0.717, 1.165) is 0 Å². The third-order valence-electron chi connectivity index (χ3n) is 4.43. The second-order valence-corrected chi connectivity index (χ2v) is 8.27. The minimum absolute atomic E-state index is 0.107. The lowest BCUT2D eigenvalue weighted by Crippen LogP contribution is -2.23. The molecule has 1 amide bonds. The van der Waals surface area contributed by atoms with Crippen LogP contribution >= 0.6 is 23.1 Å². The Kier molecular flexibility index (Phi) is 5.65. The summed E-state index contributed by atoms with van der Waals surface area (Å²) in [6, 6.07) is 13.3. The molecule has 30 heavy (non-hydrogen) atoms. The number of nitrogens with zero attached hydrogens (tertiary/aromatic N) is 4. The molecule has 0 aliphatic carbocycles. The maximum absolute atomic E-state index is 14.2. The molecule has 0 unspecified atom stereocenters. The van der Waals surface area contributed by atoms with Crippen molar-refractivity contribution in [3.63, 3.8) is 0 Å². The predicted octanol–water partition coefficient (Wildman–Crippen LogP) is 4.51. The van der Waals surface area contributed by atoms with Crippen molar-refractivity contribution in [1.82, 2.24) is 14.5 Å². The van der Waals surface area contributed by atoms with Crippen molar-refractivity contribution in [2.45, 2.75) is 17.8 Å². The lowest BCUT2D eigenvalue weighted by Gasteiger charge is -2.18. The minimum atomic E-state index is -0.491. The Hall–Kier alpha value is -3.04. The molecule has 0 bridgehead atoms. The van der Waals surface area contributed by atoms with Gasteiger partial charge in [-0.05, 0) is 24.3 Å². The molecule has 4 rings (SSSR count). The van der Waals surface area contributed by atoms with E-state index in [2.05, 4.69) is 9.97 Å². The Morgan fingerprint density at radius 1 is 1.17 bits per heavy atom. The van der Waals surface area contributed by atoms with Crippen LogP contribution in [0.1, 0.15) is 12.6 Å². The SMILES string of the molecule is CC(=O)N(c1nc(CSc2nc3ccccc3c(=O)n2C)cs1)c1ccccc1F. The number of fused-ring (bicyclic) bond motifs is 1.